The predicted molar refractivity (Wildman–Crippen MR) is 58.5 cm³/mol. The van der Waals surface area contributed by atoms with E-state index in [-0.39, 0.29) is 24.6 Å². The third kappa shape index (κ3) is 2.29. The first kappa shape index (κ1) is 12.4. The van der Waals surface area contributed by atoms with Crippen LogP contribution in [0.1, 0.15) is 11.5 Å². The number of aliphatic hydroxyl groups excluding tert-OH is 1. The van der Waals surface area contributed by atoms with Gasteiger partial charge in [0.15, 0.2) is 5.75 Å². The lowest BCUT2D eigenvalue weighted by molar-refractivity contribution is -0.386. The second-order valence-electron chi connectivity index (χ2n) is 3.27. The summed E-state index contributed by atoms with van der Waals surface area (Å²) in [6.45, 7) is -0.0883. The number of nitro groups is 1. The van der Waals surface area contributed by atoms with Gasteiger partial charge in [-0.2, -0.15) is 0 Å². The van der Waals surface area contributed by atoms with Gasteiger partial charge in [-0.1, -0.05) is 12.1 Å². The van der Waals surface area contributed by atoms with Gasteiger partial charge in [-0.05, 0) is 6.07 Å². The fourth-order valence-corrected chi connectivity index (χ4v) is 1.53. The molecule has 0 amide bonds. The first-order valence-corrected chi connectivity index (χ1v) is 4.77. The standard InChI is InChI=1S/C10H14N2O4/c1-16-9-4-2-3-8(7(5-11)6-13)10(9)12(14)15/h2-4,7,13H,5-6,11H2,1H3. The molecule has 0 heterocycles. The van der Waals surface area contributed by atoms with Crippen molar-refractivity contribution in [3.63, 3.8) is 0 Å². The van der Waals surface area contributed by atoms with Crippen LogP contribution in [-0.2, 0) is 0 Å². The average molecular weight is 226 g/mol. The molecule has 0 fully saturated rings. The molecule has 6 heteroatoms. The fourth-order valence-electron chi connectivity index (χ4n) is 1.53. The molecule has 1 atom stereocenters. The zero-order chi connectivity index (χ0) is 12.1. The highest BCUT2D eigenvalue weighted by molar-refractivity contribution is 5.54. The molecule has 6 nitrogen and oxygen atoms in total. The van der Waals surface area contributed by atoms with Crippen molar-refractivity contribution in [2.75, 3.05) is 20.3 Å². The average Bonchev–Trinajstić information content (AvgIpc) is 2.30. The van der Waals surface area contributed by atoms with E-state index in [1.54, 1.807) is 12.1 Å². The van der Waals surface area contributed by atoms with E-state index >= 15 is 0 Å². The SMILES string of the molecule is COc1cccc(C(CN)CO)c1[N+](=O)[O-]. The number of ether oxygens (including phenoxy) is 1. The highest BCUT2D eigenvalue weighted by Crippen LogP contribution is 2.34. The topological polar surface area (TPSA) is 98.6 Å². The van der Waals surface area contributed by atoms with Crippen molar-refractivity contribution in [2.45, 2.75) is 5.92 Å². The van der Waals surface area contributed by atoms with Gasteiger partial charge in [0.05, 0.1) is 18.6 Å². The van der Waals surface area contributed by atoms with Gasteiger partial charge in [0.25, 0.3) is 0 Å². The lowest BCUT2D eigenvalue weighted by atomic mass is 9.98. The zero-order valence-corrected chi connectivity index (χ0v) is 8.92. The lowest BCUT2D eigenvalue weighted by Crippen LogP contribution is -2.17. The molecule has 16 heavy (non-hydrogen) atoms. The maximum Gasteiger partial charge on any atom is 0.314 e. The van der Waals surface area contributed by atoms with Crippen LogP contribution in [0.4, 0.5) is 5.69 Å². The van der Waals surface area contributed by atoms with E-state index in [9.17, 15) is 10.1 Å². The minimum Gasteiger partial charge on any atom is -0.490 e. The summed E-state index contributed by atoms with van der Waals surface area (Å²) in [6.07, 6.45) is 0. The summed E-state index contributed by atoms with van der Waals surface area (Å²) in [5.41, 5.74) is 5.72. The van der Waals surface area contributed by atoms with E-state index in [0.29, 0.717) is 5.56 Å². The molecule has 1 aromatic rings. The third-order valence-electron chi connectivity index (χ3n) is 2.38. The molecule has 0 spiro atoms. The van der Waals surface area contributed by atoms with Crippen LogP contribution in [0.3, 0.4) is 0 Å². The maximum atomic E-state index is 10.9. The van der Waals surface area contributed by atoms with Crippen molar-refractivity contribution in [1.82, 2.24) is 0 Å². The van der Waals surface area contributed by atoms with Crippen molar-refractivity contribution in [3.8, 4) is 5.75 Å². The summed E-state index contributed by atoms with van der Waals surface area (Å²) in [5, 5.41) is 20.0. The van der Waals surface area contributed by atoms with E-state index in [1.807, 2.05) is 0 Å². The Morgan fingerprint density at radius 2 is 2.31 bits per heavy atom. The van der Waals surface area contributed by atoms with Crippen molar-refractivity contribution in [3.05, 3.63) is 33.9 Å². The Bertz CT molecular complexity index is 377. The van der Waals surface area contributed by atoms with Crippen LogP contribution in [0.2, 0.25) is 0 Å². The Kier molecular flexibility index (Phi) is 4.21. The number of nitro benzene ring substituents is 1. The van der Waals surface area contributed by atoms with Crippen LogP contribution in [0.25, 0.3) is 0 Å². The summed E-state index contributed by atoms with van der Waals surface area (Å²) in [7, 11) is 1.36. The Labute approximate surface area is 92.8 Å². The number of hydrogen-bond acceptors (Lipinski definition) is 5. The molecule has 0 saturated carbocycles. The van der Waals surface area contributed by atoms with Crippen LogP contribution in [0, 0.1) is 10.1 Å². The summed E-state index contributed by atoms with van der Waals surface area (Å²) in [6, 6.07) is 4.72. The molecule has 0 radical (unpaired) electrons. The van der Waals surface area contributed by atoms with Gasteiger partial charge in [0.2, 0.25) is 0 Å². The molecule has 0 bridgehead atoms. The monoisotopic (exact) mass is 226 g/mol. The minimum absolute atomic E-state index is 0.130. The van der Waals surface area contributed by atoms with Crippen LogP contribution in [0.5, 0.6) is 5.75 Å². The van der Waals surface area contributed by atoms with Gasteiger partial charge in [-0.15, -0.1) is 0 Å². The number of nitrogens with two attached hydrogens (primary N) is 1. The van der Waals surface area contributed by atoms with E-state index in [4.69, 9.17) is 15.6 Å². The summed E-state index contributed by atoms with van der Waals surface area (Å²) in [4.78, 5) is 10.4. The molecule has 1 rings (SSSR count). The molecule has 0 saturated heterocycles. The number of aliphatic hydroxyl groups is 1. The summed E-state index contributed by atoms with van der Waals surface area (Å²) >= 11 is 0. The smallest absolute Gasteiger partial charge is 0.314 e. The van der Waals surface area contributed by atoms with Crippen LogP contribution < -0.4 is 10.5 Å². The molecule has 88 valence electrons. The van der Waals surface area contributed by atoms with Crippen molar-refractivity contribution >= 4 is 5.69 Å². The molecular weight excluding hydrogens is 212 g/mol. The number of hydrogen-bond donors (Lipinski definition) is 2. The lowest BCUT2D eigenvalue weighted by Gasteiger charge is -2.13. The Hall–Kier alpha value is -1.66. The van der Waals surface area contributed by atoms with E-state index in [1.165, 1.54) is 13.2 Å². The maximum absolute atomic E-state index is 10.9. The van der Waals surface area contributed by atoms with Gasteiger partial charge in [0, 0.05) is 18.0 Å². The Morgan fingerprint density at radius 1 is 1.62 bits per heavy atom. The van der Waals surface area contributed by atoms with Gasteiger partial charge in [0.1, 0.15) is 0 Å². The van der Waals surface area contributed by atoms with Crippen LogP contribution in [-0.4, -0.2) is 30.3 Å². The third-order valence-corrected chi connectivity index (χ3v) is 2.38. The minimum atomic E-state index is -0.521. The molecule has 1 unspecified atom stereocenters. The molecule has 0 aliphatic carbocycles. The van der Waals surface area contributed by atoms with Crippen molar-refractivity contribution < 1.29 is 14.8 Å². The predicted octanol–water partition coefficient (Wildman–Crippen LogP) is 0.638. The summed E-state index contributed by atoms with van der Waals surface area (Å²) < 4.78 is 4.92. The summed E-state index contributed by atoms with van der Waals surface area (Å²) in [5.74, 6) is -0.273. The van der Waals surface area contributed by atoms with E-state index < -0.39 is 10.8 Å². The van der Waals surface area contributed by atoms with E-state index in [0.717, 1.165) is 0 Å². The molecule has 0 aromatic heterocycles. The second kappa shape index (κ2) is 5.43. The van der Waals surface area contributed by atoms with Gasteiger partial charge >= 0.3 is 5.69 Å². The first-order valence-electron chi connectivity index (χ1n) is 4.77. The number of methoxy groups -OCH3 is 1. The van der Waals surface area contributed by atoms with E-state index in [2.05, 4.69) is 0 Å². The van der Waals surface area contributed by atoms with Crippen LogP contribution >= 0.6 is 0 Å². The molecular formula is C10H14N2O4. The highest BCUT2D eigenvalue weighted by atomic mass is 16.6. The van der Waals surface area contributed by atoms with Crippen LogP contribution in [0.15, 0.2) is 18.2 Å². The largest absolute Gasteiger partial charge is 0.490 e. The van der Waals surface area contributed by atoms with Crippen molar-refractivity contribution in [2.24, 2.45) is 5.73 Å². The molecule has 1 aromatic carbocycles. The molecule has 3 N–H and O–H groups in total. The fraction of sp³-hybridized carbons (Fsp3) is 0.400. The normalized spacial score (nSPS) is 12.2. The Balaban J connectivity index is 3.31. The van der Waals surface area contributed by atoms with Gasteiger partial charge in [-0.25, -0.2) is 0 Å². The number of benzene rings is 1. The quantitative estimate of drug-likeness (QED) is 0.567. The van der Waals surface area contributed by atoms with Crippen molar-refractivity contribution in [1.29, 1.82) is 0 Å². The Morgan fingerprint density at radius 3 is 2.75 bits per heavy atom. The first-order chi connectivity index (χ1) is 7.65. The highest BCUT2D eigenvalue weighted by Gasteiger charge is 2.25. The number of nitrogens with zero attached hydrogens (tertiary/aromatic N) is 1. The number of para-hydroxylation sites is 1. The second-order valence-corrected chi connectivity index (χ2v) is 3.27. The number of rotatable bonds is 5. The molecule has 0 aliphatic heterocycles. The molecule has 0 aliphatic rings. The van der Waals surface area contributed by atoms with Gasteiger partial charge in [-0.3, -0.25) is 10.1 Å². The van der Waals surface area contributed by atoms with Gasteiger partial charge < -0.3 is 15.6 Å². The zero-order valence-electron chi connectivity index (χ0n) is 8.92.